The van der Waals surface area contributed by atoms with E-state index in [0.717, 1.165) is 12.1 Å². The van der Waals surface area contributed by atoms with E-state index in [2.05, 4.69) is 5.10 Å². The highest BCUT2D eigenvalue weighted by atomic mass is 19.4. The smallest absolute Gasteiger partial charge is 0.362 e. The van der Waals surface area contributed by atoms with Crippen LogP contribution in [0.25, 0.3) is 0 Å². The number of rotatable bonds is 4. The number of non-ortho nitro benzene ring substituents is 1. The van der Waals surface area contributed by atoms with Gasteiger partial charge in [0.25, 0.3) is 11.4 Å². The number of alkyl halides is 3. The molecule has 0 bridgehead atoms. The molecule has 7 nitrogen and oxygen atoms in total. The number of benzene rings is 2. The van der Waals surface area contributed by atoms with E-state index in [-0.39, 0.29) is 22.0 Å². The lowest BCUT2D eigenvalue weighted by Gasteiger charge is -2.32. The Labute approximate surface area is 156 Å². The van der Waals surface area contributed by atoms with Gasteiger partial charge in [0.2, 0.25) is 5.91 Å². The Balaban J connectivity index is 1.90. The Morgan fingerprint density at radius 2 is 1.79 bits per heavy atom. The van der Waals surface area contributed by atoms with E-state index < -0.39 is 35.6 Å². The van der Waals surface area contributed by atoms with Gasteiger partial charge < -0.3 is 5.11 Å². The van der Waals surface area contributed by atoms with Crippen LogP contribution in [0.5, 0.6) is 0 Å². The third-order valence-electron chi connectivity index (χ3n) is 4.28. The molecule has 1 N–H and O–H groups in total. The summed E-state index contributed by atoms with van der Waals surface area (Å²) >= 11 is 0. The summed E-state index contributed by atoms with van der Waals surface area (Å²) in [7, 11) is 0. The summed E-state index contributed by atoms with van der Waals surface area (Å²) in [5, 5.41) is 24.7. The Kier molecular flexibility index (Phi) is 4.90. The van der Waals surface area contributed by atoms with Crippen molar-refractivity contribution in [1.29, 1.82) is 0 Å². The minimum absolute atomic E-state index is 0.0523. The summed E-state index contributed by atoms with van der Waals surface area (Å²) in [5.74, 6) is -1.08. The number of halogens is 3. The second kappa shape index (κ2) is 7.04. The van der Waals surface area contributed by atoms with E-state index in [9.17, 15) is 33.2 Å². The van der Waals surface area contributed by atoms with Gasteiger partial charge in [0.1, 0.15) is 0 Å². The molecule has 0 aromatic heterocycles. The van der Waals surface area contributed by atoms with Crippen LogP contribution in [0.15, 0.2) is 59.7 Å². The van der Waals surface area contributed by atoms with Crippen LogP contribution in [0.1, 0.15) is 17.5 Å². The van der Waals surface area contributed by atoms with Crippen molar-refractivity contribution in [2.75, 3.05) is 0 Å². The molecule has 0 saturated carbocycles. The molecule has 1 unspecified atom stereocenters. The molecule has 1 heterocycles. The van der Waals surface area contributed by atoms with Gasteiger partial charge in [-0.15, -0.1) is 0 Å². The van der Waals surface area contributed by atoms with Gasteiger partial charge in [-0.05, 0) is 11.1 Å². The molecule has 0 spiro atoms. The SMILES string of the molecule is O=C(Cc1ccc([N+](=O)[O-])cc1)N1N=C(c2ccccc2)CC1(O)C(F)(F)F. The zero-order chi connectivity index (χ0) is 20.5. The largest absolute Gasteiger partial charge is 0.438 e. The van der Waals surface area contributed by atoms with Crippen LogP contribution in [-0.4, -0.2) is 38.6 Å². The van der Waals surface area contributed by atoms with Crippen molar-refractivity contribution < 1.29 is 28.0 Å². The van der Waals surface area contributed by atoms with Gasteiger partial charge >= 0.3 is 6.18 Å². The van der Waals surface area contributed by atoms with Gasteiger partial charge in [0.15, 0.2) is 0 Å². The molecule has 1 aliphatic rings. The van der Waals surface area contributed by atoms with E-state index in [0.29, 0.717) is 5.56 Å². The van der Waals surface area contributed by atoms with E-state index in [4.69, 9.17) is 0 Å². The number of carbonyl (C=O) groups is 1. The molecule has 0 saturated heterocycles. The minimum Gasteiger partial charge on any atom is -0.362 e. The Bertz CT molecular complexity index is 929. The molecule has 1 aliphatic heterocycles. The molecular formula is C18H14F3N3O4. The van der Waals surface area contributed by atoms with Crippen molar-refractivity contribution in [3.05, 3.63) is 75.8 Å². The maximum atomic E-state index is 13.5. The van der Waals surface area contributed by atoms with Gasteiger partial charge in [0.05, 0.1) is 23.5 Å². The average Bonchev–Trinajstić information content (AvgIpc) is 3.02. The first kappa shape index (κ1) is 19.5. The normalized spacial score (nSPS) is 19.4. The van der Waals surface area contributed by atoms with Crippen molar-refractivity contribution in [3.8, 4) is 0 Å². The second-order valence-corrected chi connectivity index (χ2v) is 6.21. The summed E-state index contributed by atoms with van der Waals surface area (Å²) in [6, 6.07) is 12.7. The number of carbonyl (C=O) groups excluding carboxylic acids is 1. The summed E-state index contributed by atoms with van der Waals surface area (Å²) in [5.41, 5.74) is -3.14. The van der Waals surface area contributed by atoms with Gasteiger partial charge in [0, 0.05) is 12.1 Å². The molecule has 28 heavy (non-hydrogen) atoms. The predicted molar refractivity (Wildman–Crippen MR) is 92.2 cm³/mol. The molecule has 2 aromatic carbocycles. The Hall–Kier alpha value is -3.27. The van der Waals surface area contributed by atoms with Crippen molar-refractivity contribution in [2.24, 2.45) is 5.10 Å². The number of nitrogens with zero attached hydrogens (tertiary/aromatic N) is 3. The highest BCUT2D eigenvalue weighted by Crippen LogP contribution is 2.41. The summed E-state index contributed by atoms with van der Waals surface area (Å²) < 4.78 is 40.6. The summed E-state index contributed by atoms with van der Waals surface area (Å²) in [4.78, 5) is 22.5. The number of nitro groups is 1. The van der Waals surface area contributed by atoms with Gasteiger partial charge in [-0.2, -0.15) is 23.3 Å². The third-order valence-corrected chi connectivity index (χ3v) is 4.28. The first-order valence-corrected chi connectivity index (χ1v) is 8.10. The van der Waals surface area contributed by atoms with Crippen molar-refractivity contribution >= 4 is 17.3 Å². The molecule has 0 fully saturated rings. The monoisotopic (exact) mass is 393 g/mol. The highest BCUT2D eigenvalue weighted by molar-refractivity contribution is 6.03. The molecule has 10 heteroatoms. The maximum absolute atomic E-state index is 13.5. The van der Waals surface area contributed by atoms with Gasteiger partial charge in [-0.3, -0.25) is 14.9 Å². The van der Waals surface area contributed by atoms with Gasteiger partial charge in [-0.25, -0.2) is 0 Å². The number of hydrogen-bond donors (Lipinski definition) is 1. The van der Waals surface area contributed by atoms with E-state index in [1.807, 2.05) is 0 Å². The van der Waals surface area contributed by atoms with Crippen molar-refractivity contribution in [3.63, 3.8) is 0 Å². The number of aliphatic hydroxyl groups is 1. The molecule has 1 atom stereocenters. The van der Waals surface area contributed by atoms with Crippen molar-refractivity contribution in [2.45, 2.75) is 24.7 Å². The standard InChI is InChI=1S/C18H14F3N3O4/c19-18(20,21)17(26)11-15(13-4-2-1-3-5-13)22-23(17)16(25)10-12-6-8-14(9-7-12)24(27)28/h1-9,26H,10-11H2. The lowest BCUT2D eigenvalue weighted by molar-refractivity contribution is -0.384. The summed E-state index contributed by atoms with van der Waals surface area (Å²) in [6.45, 7) is 0. The summed E-state index contributed by atoms with van der Waals surface area (Å²) in [6.07, 6.45) is -6.54. The molecule has 146 valence electrons. The number of nitro benzene ring substituents is 1. The fourth-order valence-electron chi connectivity index (χ4n) is 2.80. The highest BCUT2D eigenvalue weighted by Gasteiger charge is 2.63. The molecule has 3 rings (SSSR count). The van der Waals surface area contributed by atoms with Crippen LogP contribution in [-0.2, 0) is 11.2 Å². The zero-order valence-corrected chi connectivity index (χ0v) is 14.3. The molecular weight excluding hydrogens is 379 g/mol. The fraction of sp³-hybridized carbons (Fsp3) is 0.222. The van der Waals surface area contributed by atoms with Crippen LogP contribution in [0.4, 0.5) is 18.9 Å². The fourth-order valence-corrected chi connectivity index (χ4v) is 2.80. The Morgan fingerprint density at radius 3 is 2.32 bits per heavy atom. The second-order valence-electron chi connectivity index (χ2n) is 6.21. The Morgan fingerprint density at radius 1 is 1.18 bits per heavy atom. The van der Waals surface area contributed by atoms with E-state index in [1.165, 1.54) is 24.3 Å². The average molecular weight is 393 g/mol. The maximum Gasteiger partial charge on any atom is 0.438 e. The van der Waals surface area contributed by atoms with Crippen LogP contribution in [0.2, 0.25) is 0 Å². The predicted octanol–water partition coefficient (Wildman–Crippen LogP) is 3.02. The minimum atomic E-state index is -5.13. The molecule has 1 amide bonds. The first-order valence-electron chi connectivity index (χ1n) is 8.10. The van der Waals surface area contributed by atoms with Crippen LogP contribution < -0.4 is 0 Å². The molecule has 0 aliphatic carbocycles. The number of hydrazone groups is 1. The third kappa shape index (κ3) is 3.58. The first-order chi connectivity index (χ1) is 13.1. The molecule has 2 aromatic rings. The quantitative estimate of drug-likeness (QED) is 0.638. The number of amides is 1. The van der Waals surface area contributed by atoms with E-state index >= 15 is 0 Å². The zero-order valence-electron chi connectivity index (χ0n) is 14.3. The lowest BCUT2D eigenvalue weighted by Crippen LogP contribution is -2.57. The van der Waals surface area contributed by atoms with E-state index in [1.54, 1.807) is 18.2 Å². The lowest BCUT2D eigenvalue weighted by atomic mass is 10.0. The van der Waals surface area contributed by atoms with Crippen LogP contribution >= 0.6 is 0 Å². The molecule has 0 radical (unpaired) electrons. The topological polar surface area (TPSA) is 96.0 Å². The van der Waals surface area contributed by atoms with Crippen LogP contribution in [0.3, 0.4) is 0 Å². The van der Waals surface area contributed by atoms with Gasteiger partial charge in [-0.1, -0.05) is 42.5 Å². The number of hydrogen-bond acceptors (Lipinski definition) is 5. The van der Waals surface area contributed by atoms with Crippen molar-refractivity contribution in [1.82, 2.24) is 5.01 Å². The van der Waals surface area contributed by atoms with Crippen LogP contribution in [0, 0.1) is 10.1 Å².